The third kappa shape index (κ3) is 5.12. The molecule has 0 bridgehead atoms. The van der Waals surface area contributed by atoms with E-state index in [1.807, 2.05) is 0 Å². The molecule has 8 heteroatoms. The van der Waals surface area contributed by atoms with E-state index in [1.54, 1.807) is 33.5 Å². The fourth-order valence-electron chi connectivity index (χ4n) is 10.1. The molecule has 1 aromatic rings. The van der Waals surface area contributed by atoms with Gasteiger partial charge in [-0.15, -0.1) is 0 Å². The van der Waals surface area contributed by atoms with Crippen molar-refractivity contribution in [1.82, 2.24) is 0 Å². The maximum absolute atomic E-state index is 13.0. The number of hydrogen-bond donors (Lipinski definition) is 4. The first-order chi connectivity index (χ1) is 19.5. The molecule has 1 aromatic carbocycles. The molecule has 0 aromatic heterocycles. The molecule has 11 unspecified atom stereocenters. The second kappa shape index (κ2) is 11.6. The molecule has 4 aliphatic carbocycles. The van der Waals surface area contributed by atoms with Crippen LogP contribution >= 0.6 is 0 Å². The molecule has 0 saturated heterocycles. The van der Waals surface area contributed by atoms with E-state index in [2.05, 4.69) is 26.1 Å². The van der Waals surface area contributed by atoms with Crippen molar-refractivity contribution in [2.45, 2.75) is 96.9 Å². The summed E-state index contributed by atoms with van der Waals surface area (Å²) in [6.07, 6.45) is 6.12. The van der Waals surface area contributed by atoms with Gasteiger partial charge in [-0.05, 0) is 97.7 Å². The highest BCUT2D eigenvalue weighted by Gasteiger charge is 2.65. The van der Waals surface area contributed by atoms with Gasteiger partial charge in [-0.1, -0.05) is 20.8 Å². The van der Waals surface area contributed by atoms with Crippen LogP contribution in [-0.2, 0) is 4.79 Å². The van der Waals surface area contributed by atoms with Crippen LogP contribution in [0.4, 0.5) is 5.69 Å². The summed E-state index contributed by atoms with van der Waals surface area (Å²) in [6.45, 7) is 6.85. The summed E-state index contributed by atoms with van der Waals surface area (Å²) < 4.78 is 16.2. The van der Waals surface area contributed by atoms with Crippen molar-refractivity contribution >= 4 is 11.6 Å². The van der Waals surface area contributed by atoms with Crippen LogP contribution in [0.3, 0.4) is 0 Å². The average molecular weight is 574 g/mol. The van der Waals surface area contributed by atoms with Crippen LogP contribution in [0.1, 0.15) is 78.6 Å². The Morgan fingerprint density at radius 3 is 2.29 bits per heavy atom. The Kier molecular flexibility index (Phi) is 8.59. The summed E-state index contributed by atoms with van der Waals surface area (Å²) in [5, 5.41) is 36.6. The van der Waals surface area contributed by atoms with Crippen molar-refractivity contribution in [3.05, 3.63) is 12.1 Å². The zero-order chi connectivity index (χ0) is 29.7. The lowest BCUT2D eigenvalue weighted by molar-refractivity contribution is -0.207. The van der Waals surface area contributed by atoms with Crippen LogP contribution in [-0.4, -0.2) is 60.9 Å². The van der Waals surface area contributed by atoms with Crippen molar-refractivity contribution < 1.29 is 34.3 Å². The van der Waals surface area contributed by atoms with Gasteiger partial charge in [-0.2, -0.15) is 0 Å². The Bertz CT molecular complexity index is 1090. The van der Waals surface area contributed by atoms with Gasteiger partial charge in [-0.3, -0.25) is 4.79 Å². The van der Waals surface area contributed by atoms with Gasteiger partial charge in [0.15, 0.2) is 11.5 Å². The van der Waals surface area contributed by atoms with Crippen molar-refractivity contribution in [2.75, 3.05) is 26.6 Å². The Morgan fingerprint density at radius 1 is 0.976 bits per heavy atom. The summed E-state index contributed by atoms with van der Waals surface area (Å²) in [5.41, 5.74) is 0.388. The first-order valence-electron chi connectivity index (χ1n) is 15.6. The maximum Gasteiger partial charge on any atom is 0.224 e. The fourth-order valence-corrected chi connectivity index (χ4v) is 10.1. The number of aliphatic hydroxyl groups is 3. The van der Waals surface area contributed by atoms with Gasteiger partial charge in [0.25, 0.3) is 0 Å². The normalized spacial score (nSPS) is 40.5. The molecule has 0 heterocycles. The highest BCUT2D eigenvalue weighted by molar-refractivity contribution is 5.91. The highest BCUT2D eigenvalue weighted by atomic mass is 16.5. The molecule has 4 fully saturated rings. The van der Waals surface area contributed by atoms with Crippen molar-refractivity contribution in [3.63, 3.8) is 0 Å². The Balaban J connectivity index is 1.26. The van der Waals surface area contributed by atoms with Gasteiger partial charge < -0.3 is 34.8 Å². The molecule has 0 aliphatic heterocycles. The number of ether oxygens (including phenoxy) is 3. The third-order valence-electron chi connectivity index (χ3n) is 12.3. The van der Waals surface area contributed by atoms with E-state index >= 15 is 0 Å². The number of anilines is 1. The number of benzene rings is 1. The average Bonchev–Trinajstić information content (AvgIpc) is 3.31. The summed E-state index contributed by atoms with van der Waals surface area (Å²) >= 11 is 0. The van der Waals surface area contributed by atoms with E-state index in [4.69, 9.17) is 14.2 Å². The van der Waals surface area contributed by atoms with E-state index in [0.29, 0.717) is 41.2 Å². The molecule has 5 rings (SSSR count). The van der Waals surface area contributed by atoms with Gasteiger partial charge in [0.1, 0.15) is 0 Å². The van der Waals surface area contributed by atoms with Crippen LogP contribution in [0, 0.1) is 46.3 Å². The Hall–Kier alpha value is -2.03. The molecule has 4 aliphatic rings. The SMILES string of the molecule is COc1cc(NC(=O)CCC(C)C2CCC3C4C(O)CC5CC(O)CCC5(C)C4CC(O)C23C)cc(OC)c1OC. The number of amides is 1. The van der Waals surface area contributed by atoms with Crippen LogP contribution in [0.5, 0.6) is 17.2 Å². The summed E-state index contributed by atoms with van der Waals surface area (Å²) in [5.74, 6) is 3.01. The molecule has 0 spiro atoms. The Labute approximate surface area is 245 Å². The van der Waals surface area contributed by atoms with Gasteiger partial charge in [0.05, 0.1) is 39.6 Å². The van der Waals surface area contributed by atoms with Crippen molar-refractivity contribution in [2.24, 2.45) is 46.3 Å². The highest BCUT2D eigenvalue weighted by Crippen LogP contribution is 2.68. The van der Waals surface area contributed by atoms with Gasteiger partial charge >= 0.3 is 0 Å². The number of aliphatic hydroxyl groups excluding tert-OH is 3. The molecule has 230 valence electrons. The standard InChI is InChI=1S/C33H51NO7/c1-18(7-10-29(38)34-20-15-26(39-4)31(41-6)27(16-20)40-5)22-8-9-23-30-24(17-28(37)33(22,23)3)32(2)12-11-21(35)13-19(32)14-25(30)36/h15-16,18-19,21-25,28,30,35-37H,7-14,17H2,1-6H3,(H,34,38). The number of nitrogens with one attached hydrogen (secondary N) is 1. The molecule has 1 amide bonds. The Morgan fingerprint density at radius 2 is 1.66 bits per heavy atom. The van der Waals surface area contributed by atoms with E-state index in [0.717, 1.165) is 51.4 Å². The zero-order valence-electron chi connectivity index (χ0n) is 25.7. The van der Waals surface area contributed by atoms with Crippen LogP contribution in [0.25, 0.3) is 0 Å². The molecule has 11 atom stereocenters. The zero-order valence-corrected chi connectivity index (χ0v) is 25.7. The minimum atomic E-state index is -0.425. The fraction of sp³-hybridized carbons (Fsp3) is 0.788. The second-order valence-corrected chi connectivity index (χ2v) is 14.0. The van der Waals surface area contributed by atoms with Gasteiger partial charge in [-0.25, -0.2) is 0 Å². The second-order valence-electron chi connectivity index (χ2n) is 14.0. The number of carbonyl (C=O) groups is 1. The lowest BCUT2D eigenvalue weighted by Crippen LogP contribution is -2.62. The molecule has 4 saturated carbocycles. The number of carbonyl (C=O) groups excluding carboxylic acids is 1. The molecule has 41 heavy (non-hydrogen) atoms. The lowest BCUT2D eigenvalue weighted by atomic mass is 9.43. The summed E-state index contributed by atoms with van der Waals surface area (Å²) in [6, 6.07) is 3.46. The van der Waals surface area contributed by atoms with Crippen LogP contribution < -0.4 is 19.5 Å². The minimum absolute atomic E-state index is 0.0695. The van der Waals surface area contributed by atoms with Gasteiger partial charge in [0.2, 0.25) is 11.7 Å². The predicted molar refractivity (Wildman–Crippen MR) is 157 cm³/mol. The number of fused-ring (bicyclic) bond motifs is 5. The van der Waals surface area contributed by atoms with E-state index in [1.165, 1.54) is 0 Å². The minimum Gasteiger partial charge on any atom is -0.493 e. The molecular weight excluding hydrogens is 522 g/mol. The monoisotopic (exact) mass is 573 g/mol. The van der Waals surface area contributed by atoms with Crippen LogP contribution in [0.15, 0.2) is 12.1 Å². The third-order valence-corrected chi connectivity index (χ3v) is 12.3. The predicted octanol–water partition coefficient (Wildman–Crippen LogP) is 5.03. The van der Waals surface area contributed by atoms with Crippen LogP contribution in [0.2, 0.25) is 0 Å². The largest absolute Gasteiger partial charge is 0.493 e. The lowest BCUT2D eigenvalue weighted by Gasteiger charge is -2.63. The first-order valence-corrected chi connectivity index (χ1v) is 15.6. The van der Waals surface area contributed by atoms with Crippen molar-refractivity contribution in [1.29, 1.82) is 0 Å². The summed E-state index contributed by atoms with van der Waals surface area (Å²) in [4.78, 5) is 13.0. The van der Waals surface area contributed by atoms with E-state index in [9.17, 15) is 20.1 Å². The van der Waals surface area contributed by atoms with E-state index < -0.39 is 6.10 Å². The first kappa shape index (κ1) is 30.4. The molecule has 8 nitrogen and oxygen atoms in total. The topological polar surface area (TPSA) is 117 Å². The molecule has 0 radical (unpaired) electrons. The quantitative estimate of drug-likeness (QED) is 0.345. The number of hydrogen-bond acceptors (Lipinski definition) is 7. The number of methoxy groups -OCH3 is 3. The number of rotatable bonds is 8. The van der Waals surface area contributed by atoms with Gasteiger partial charge in [0, 0.05) is 24.2 Å². The smallest absolute Gasteiger partial charge is 0.224 e. The molecular formula is C33H51NO7. The molecule has 4 N–H and O–H groups in total. The van der Waals surface area contributed by atoms with Crippen molar-refractivity contribution in [3.8, 4) is 17.2 Å². The van der Waals surface area contributed by atoms with E-state index in [-0.39, 0.29) is 52.6 Å². The summed E-state index contributed by atoms with van der Waals surface area (Å²) in [7, 11) is 4.64. The maximum atomic E-state index is 13.0.